The van der Waals surface area contributed by atoms with Crippen molar-refractivity contribution in [2.24, 2.45) is 0 Å². The van der Waals surface area contributed by atoms with Gasteiger partial charge in [-0.05, 0) is 18.2 Å². The fraction of sp³-hybridized carbons (Fsp3) is 0.273. The van der Waals surface area contributed by atoms with Gasteiger partial charge in [0.05, 0.1) is 5.52 Å². The second kappa shape index (κ2) is 5.24. The zero-order valence-electron chi connectivity index (χ0n) is 9.08. The van der Waals surface area contributed by atoms with Crippen molar-refractivity contribution in [3.05, 3.63) is 30.2 Å². The van der Waals surface area contributed by atoms with Crippen LogP contribution in [0.4, 0.5) is 10.3 Å². The summed E-state index contributed by atoms with van der Waals surface area (Å²) in [5.74, 6) is 0.271. The number of hydrogen-bond acceptors (Lipinski definition) is 3. The molecule has 0 radical (unpaired) electrons. The summed E-state index contributed by atoms with van der Waals surface area (Å²) in [5.41, 5.74) is 0.737. The molecule has 2 rings (SSSR count). The quantitative estimate of drug-likeness (QED) is 0.781. The molecule has 0 saturated carbocycles. The summed E-state index contributed by atoms with van der Waals surface area (Å²) in [6.07, 6.45) is 1.59. The monoisotopic (exact) mass is 207 g/mol. The van der Waals surface area contributed by atoms with Crippen molar-refractivity contribution < 1.29 is 4.39 Å². The second-order valence-electron chi connectivity index (χ2n) is 2.65. The van der Waals surface area contributed by atoms with Crippen LogP contribution in [0.2, 0.25) is 0 Å². The van der Waals surface area contributed by atoms with Crippen molar-refractivity contribution in [1.82, 2.24) is 9.97 Å². The van der Waals surface area contributed by atoms with Gasteiger partial charge >= 0.3 is 0 Å². The van der Waals surface area contributed by atoms with Gasteiger partial charge in [-0.1, -0.05) is 13.8 Å². The molecule has 1 N–H and O–H groups in total. The number of halogens is 1. The molecule has 4 heteroatoms. The van der Waals surface area contributed by atoms with Gasteiger partial charge in [-0.15, -0.1) is 0 Å². The van der Waals surface area contributed by atoms with Crippen LogP contribution in [0.3, 0.4) is 0 Å². The first kappa shape index (κ1) is 11.4. The number of benzene rings is 1. The zero-order chi connectivity index (χ0) is 11.3. The minimum Gasteiger partial charge on any atom is -0.357 e. The van der Waals surface area contributed by atoms with Crippen LogP contribution < -0.4 is 5.32 Å². The highest BCUT2D eigenvalue weighted by atomic mass is 19.1. The Labute approximate surface area is 88.4 Å². The summed E-state index contributed by atoms with van der Waals surface area (Å²) in [4.78, 5) is 8.12. The minimum absolute atomic E-state index is 0.270. The molecule has 80 valence electrons. The van der Waals surface area contributed by atoms with Crippen molar-refractivity contribution in [2.45, 2.75) is 13.8 Å². The van der Waals surface area contributed by atoms with Gasteiger partial charge in [0.1, 0.15) is 5.82 Å². The second-order valence-corrected chi connectivity index (χ2v) is 2.65. The summed E-state index contributed by atoms with van der Waals surface area (Å²) < 4.78 is 12.7. The van der Waals surface area contributed by atoms with Crippen LogP contribution in [0, 0.1) is 5.82 Å². The van der Waals surface area contributed by atoms with Crippen molar-refractivity contribution in [2.75, 3.05) is 12.4 Å². The zero-order valence-corrected chi connectivity index (χ0v) is 9.08. The molecule has 1 aromatic heterocycles. The van der Waals surface area contributed by atoms with Crippen molar-refractivity contribution in [3.63, 3.8) is 0 Å². The molecule has 0 aliphatic carbocycles. The standard InChI is InChI=1S/C9H8FN3.C2H6/c1-11-9-12-5-6-4-7(10)2-3-8(6)13-9;1-2/h2-5H,1H3,(H,11,12,13);1-2H3. The third-order valence-electron chi connectivity index (χ3n) is 1.77. The Morgan fingerprint density at radius 2 is 2.00 bits per heavy atom. The third kappa shape index (κ3) is 2.62. The van der Waals surface area contributed by atoms with Crippen LogP contribution in [0.25, 0.3) is 10.9 Å². The summed E-state index contributed by atoms with van der Waals surface area (Å²) in [7, 11) is 1.74. The van der Waals surface area contributed by atoms with Gasteiger partial charge in [0, 0.05) is 18.6 Å². The summed E-state index contributed by atoms with van der Waals surface area (Å²) in [6, 6.07) is 4.43. The van der Waals surface area contributed by atoms with E-state index in [-0.39, 0.29) is 5.82 Å². The highest BCUT2D eigenvalue weighted by Gasteiger charge is 1.98. The predicted molar refractivity (Wildman–Crippen MR) is 60.4 cm³/mol. The van der Waals surface area contributed by atoms with Gasteiger partial charge in [0.15, 0.2) is 0 Å². The lowest BCUT2D eigenvalue weighted by Crippen LogP contribution is -1.95. The van der Waals surface area contributed by atoms with Crippen LogP contribution in [0.1, 0.15) is 13.8 Å². The fourth-order valence-corrected chi connectivity index (χ4v) is 1.12. The first-order valence-corrected chi connectivity index (χ1v) is 4.89. The van der Waals surface area contributed by atoms with Crippen molar-refractivity contribution in [1.29, 1.82) is 0 Å². The molecule has 1 aromatic carbocycles. The molecule has 0 unspecified atom stereocenters. The molecule has 2 aromatic rings. The SMILES string of the molecule is CC.CNc1ncc2cc(F)ccc2n1. The van der Waals surface area contributed by atoms with Gasteiger partial charge < -0.3 is 5.32 Å². The largest absolute Gasteiger partial charge is 0.357 e. The first-order chi connectivity index (χ1) is 7.29. The van der Waals surface area contributed by atoms with Gasteiger partial charge in [-0.25, -0.2) is 14.4 Å². The molecule has 3 nitrogen and oxygen atoms in total. The molecule has 0 saturated heterocycles. The van der Waals surface area contributed by atoms with Crippen molar-refractivity contribution in [3.8, 4) is 0 Å². The Morgan fingerprint density at radius 1 is 1.27 bits per heavy atom. The Hall–Kier alpha value is -1.71. The molecule has 0 fully saturated rings. The van der Waals surface area contributed by atoms with E-state index in [1.807, 2.05) is 13.8 Å². The number of anilines is 1. The lowest BCUT2D eigenvalue weighted by molar-refractivity contribution is 0.629. The van der Waals surface area contributed by atoms with Crippen LogP contribution in [0.5, 0.6) is 0 Å². The number of fused-ring (bicyclic) bond motifs is 1. The van der Waals surface area contributed by atoms with E-state index in [0.717, 1.165) is 5.52 Å². The normalized spacial score (nSPS) is 9.33. The first-order valence-electron chi connectivity index (χ1n) is 4.89. The Balaban J connectivity index is 0.000000531. The van der Waals surface area contributed by atoms with Crippen molar-refractivity contribution >= 4 is 16.9 Å². The molecule has 0 spiro atoms. The Morgan fingerprint density at radius 3 is 2.67 bits per heavy atom. The van der Waals surface area contributed by atoms with Gasteiger partial charge in [-0.2, -0.15) is 0 Å². The lowest BCUT2D eigenvalue weighted by Gasteiger charge is -1.99. The number of rotatable bonds is 1. The summed E-state index contributed by atoms with van der Waals surface area (Å²) in [6.45, 7) is 4.00. The van der Waals surface area contributed by atoms with E-state index in [9.17, 15) is 4.39 Å². The molecule has 0 amide bonds. The topological polar surface area (TPSA) is 37.8 Å². The lowest BCUT2D eigenvalue weighted by atomic mass is 10.2. The smallest absolute Gasteiger partial charge is 0.222 e. The Kier molecular flexibility index (Phi) is 3.97. The molecule has 0 aliphatic heterocycles. The molecule has 0 bridgehead atoms. The molecular weight excluding hydrogens is 193 g/mol. The number of aromatic nitrogens is 2. The van der Waals surface area contributed by atoms with Crippen LogP contribution in [-0.4, -0.2) is 17.0 Å². The molecule has 1 heterocycles. The maximum Gasteiger partial charge on any atom is 0.222 e. The van der Waals surface area contributed by atoms with E-state index >= 15 is 0 Å². The van der Waals surface area contributed by atoms with E-state index in [1.165, 1.54) is 12.1 Å². The fourth-order valence-electron chi connectivity index (χ4n) is 1.12. The molecular formula is C11H14FN3. The van der Waals surface area contributed by atoms with Crippen LogP contribution >= 0.6 is 0 Å². The van der Waals surface area contributed by atoms with Crippen LogP contribution in [0.15, 0.2) is 24.4 Å². The maximum absolute atomic E-state index is 12.7. The van der Waals surface area contributed by atoms with E-state index < -0.39 is 0 Å². The Bertz CT molecular complexity index is 443. The van der Waals surface area contributed by atoms with E-state index in [2.05, 4.69) is 15.3 Å². The van der Waals surface area contributed by atoms with Gasteiger partial charge in [0.2, 0.25) is 5.95 Å². The molecule has 15 heavy (non-hydrogen) atoms. The third-order valence-corrected chi connectivity index (χ3v) is 1.77. The van der Waals surface area contributed by atoms with Gasteiger partial charge in [0.25, 0.3) is 0 Å². The van der Waals surface area contributed by atoms with Crippen LogP contribution in [-0.2, 0) is 0 Å². The summed E-state index contributed by atoms with van der Waals surface area (Å²) >= 11 is 0. The molecule has 0 atom stereocenters. The maximum atomic E-state index is 12.7. The highest BCUT2D eigenvalue weighted by Crippen LogP contribution is 2.13. The number of nitrogens with zero attached hydrogens (tertiary/aromatic N) is 2. The average Bonchev–Trinajstić information content (AvgIpc) is 2.31. The molecule has 0 aliphatic rings. The highest BCUT2D eigenvalue weighted by molar-refractivity contribution is 5.78. The van der Waals surface area contributed by atoms with E-state index in [1.54, 1.807) is 19.3 Å². The van der Waals surface area contributed by atoms with E-state index in [4.69, 9.17) is 0 Å². The number of hydrogen-bond donors (Lipinski definition) is 1. The average molecular weight is 207 g/mol. The number of nitrogens with one attached hydrogen (secondary N) is 1. The van der Waals surface area contributed by atoms with E-state index in [0.29, 0.717) is 11.3 Å². The summed E-state index contributed by atoms with van der Waals surface area (Å²) in [5, 5.41) is 3.53. The predicted octanol–water partition coefficient (Wildman–Crippen LogP) is 2.84. The van der Waals surface area contributed by atoms with Gasteiger partial charge in [-0.3, -0.25) is 0 Å². The minimum atomic E-state index is -0.270.